The fraction of sp³-hybridized carbons (Fsp3) is 0.227. The van der Waals surface area contributed by atoms with Gasteiger partial charge in [-0.2, -0.15) is 4.98 Å². The van der Waals surface area contributed by atoms with Gasteiger partial charge in [-0.15, -0.1) is 0 Å². The second-order valence-electron chi connectivity index (χ2n) is 6.89. The van der Waals surface area contributed by atoms with Gasteiger partial charge < -0.3 is 15.8 Å². The largest absolute Gasteiger partial charge is 0.472 e. The Labute approximate surface area is 191 Å². The van der Waals surface area contributed by atoms with Gasteiger partial charge in [0.05, 0.1) is 5.69 Å². The number of hydrogen-bond donors (Lipinski definition) is 2. The Morgan fingerprint density at radius 2 is 2.03 bits per heavy atom. The van der Waals surface area contributed by atoms with Gasteiger partial charge in [0.25, 0.3) is 11.5 Å². The summed E-state index contributed by atoms with van der Waals surface area (Å²) in [7, 11) is 0. The number of carbonyl (C=O) groups excluding carboxylic acids is 1. The third kappa shape index (κ3) is 5.38. The molecule has 0 atom stereocenters. The molecule has 0 saturated heterocycles. The van der Waals surface area contributed by atoms with E-state index in [9.17, 15) is 18.4 Å². The van der Waals surface area contributed by atoms with Crippen molar-refractivity contribution in [2.24, 2.45) is 5.73 Å². The fourth-order valence-corrected chi connectivity index (χ4v) is 3.34. The zero-order chi connectivity index (χ0) is 23.3. The molecule has 3 rings (SSSR count). The summed E-state index contributed by atoms with van der Waals surface area (Å²) in [6.45, 7) is 2.29. The van der Waals surface area contributed by atoms with Gasteiger partial charge in [0.2, 0.25) is 5.88 Å². The molecule has 1 amide bonds. The van der Waals surface area contributed by atoms with Gasteiger partial charge in [0, 0.05) is 23.7 Å². The predicted octanol–water partition coefficient (Wildman–Crippen LogP) is 3.24. The van der Waals surface area contributed by atoms with Crippen LogP contribution in [0.2, 0.25) is 0 Å². The van der Waals surface area contributed by atoms with Crippen LogP contribution < -0.4 is 21.3 Å². The van der Waals surface area contributed by atoms with E-state index in [4.69, 9.17) is 10.5 Å². The van der Waals surface area contributed by atoms with E-state index in [-0.39, 0.29) is 28.4 Å². The molecule has 0 radical (unpaired) electrons. The lowest BCUT2D eigenvalue weighted by Crippen LogP contribution is -2.27. The molecule has 1 heterocycles. The third-order valence-electron chi connectivity index (χ3n) is 4.58. The molecule has 7 nitrogen and oxygen atoms in total. The van der Waals surface area contributed by atoms with E-state index >= 15 is 0 Å². The normalized spacial score (nSPS) is 10.8. The molecule has 3 aromatic rings. The number of halogens is 3. The topological polar surface area (TPSA) is 99.2 Å². The average Bonchev–Trinajstić information content (AvgIpc) is 2.76. The van der Waals surface area contributed by atoms with Crippen LogP contribution in [0.5, 0.6) is 5.88 Å². The van der Waals surface area contributed by atoms with Crippen molar-refractivity contribution in [2.45, 2.75) is 20.0 Å². The standard InChI is InChI=1S/C22H21BrF2N4O3/c1-13-28-21(32-12-15-6-7-16(24)11-18(15)25)19(23)22(31)29(13)17-5-2-4-14(10-17)20(30)27-9-3-8-26/h2,4-7,10-11H,3,8-9,12,26H2,1H3,(H,27,30). The summed E-state index contributed by atoms with van der Waals surface area (Å²) in [6.07, 6.45) is 0.657. The molecular formula is C22H21BrF2N4O3. The SMILES string of the molecule is Cc1nc(OCc2ccc(F)cc2F)c(Br)c(=O)n1-c1cccc(C(=O)NCCCN)c1. The molecule has 3 N–H and O–H groups in total. The third-order valence-corrected chi connectivity index (χ3v) is 5.26. The molecule has 1 aromatic heterocycles. The summed E-state index contributed by atoms with van der Waals surface area (Å²) in [5, 5.41) is 2.76. The highest BCUT2D eigenvalue weighted by Gasteiger charge is 2.17. The number of aromatic nitrogens is 2. The predicted molar refractivity (Wildman–Crippen MR) is 119 cm³/mol. The highest BCUT2D eigenvalue weighted by atomic mass is 79.9. The van der Waals surface area contributed by atoms with E-state index < -0.39 is 17.2 Å². The summed E-state index contributed by atoms with van der Waals surface area (Å²) >= 11 is 3.19. The zero-order valence-corrected chi connectivity index (χ0v) is 18.8. The molecule has 2 aromatic carbocycles. The fourth-order valence-electron chi connectivity index (χ4n) is 2.96. The molecule has 0 saturated carbocycles. The Morgan fingerprint density at radius 1 is 1.25 bits per heavy atom. The van der Waals surface area contributed by atoms with Gasteiger partial charge in [-0.1, -0.05) is 6.07 Å². The molecule has 0 aliphatic carbocycles. The Kier molecular flexibility index (Phi) is 7.70. The van der Waals surface area contributed by atoms with Crippen LogP contribution in [0, 0.1) is 18.6 Å². The average molecular weight is 507 g/mol. The minimum absolute atomic E-state index is 0.0249. The van der Waals surface area contributed by atoms with Crippen molar-refractivity contribution in [3.05, 3.63) is 85.9 Å². The smallest absolute Gasteiger partial charge is 0.276 e. The number of nitrogens with zero attached hydrogens (tertiary/aromatic N) is 2. The van der Waals surface area contributed by atoms with Crippen LogP contribution >= 0.6 is 15.9 Å². The summed E-state index contributed by atoms with van der Waals surface area (Å²) in [5.74, 6) is -1.46. The van der Waals surface area contributed by atoms with Gasteiger partial charge >= 0.3 is 0 Å². The maximum atomic E-state index is 13.8. The molecule has 0 unspecified atom stereocenters. The van der Waals surface area contributed by atoms with E-state index in [0.29, 0.717) is 36.6 Å². The van der Waals surface area contributed by atoms with Gasteiger partial charge in [-0.25, -0.2) is 8.78 Å². The van der Waals surface area contributed by atoms with Gasteiger partial charge in [-0.3, -0.25) is 14.2 Å². The number of amides is 1. The number of carbonyl (C=O) groups is 1. The number of ether oxygens (including phenoxy) is 1. The molecule has 0 spiro atoms. The lowest BCUT2D eigenvalue weighted by molar-refractivity contribution is 0.0953. The first kappa shape index (κ1) is 23.6. The first-order valence-electron chi connectivity index (χ1n) is 9.76. The quantitative estimate of drug-likeness (QED) is 0.457. The van der Waals surface area contributed by atoms with Crippen LogP contribution in [0.1, 0.15) is 28.2 Å². The number of hydrogen-bond acceptors (Lipinski definition) is 5. The van der Waals surface area contributed by atoms with Crippen molar-refractivity contribution in [3.8, 4) is 11.6 Å². The van der Waals surface area contributed by atoms with E-state index in [1.807, 2.05) is 0 Å². The minimum Gasteiger partial charge on any atom is -0.472 e. The summed E-state index contributed by atoms with van der Waals surface area (Å²) in [4.78, 5) is 29.6. The van der Waals surface area contributed by atoms with E-state index in [2.05, 4.69) is 26.2 Å². The number of nitrogens with one attached hydrogen (secondary N) is 1. The lowest BCUT2D eigenvalue weighted by Gasteiger charge is -2.14. The number of rotatable bonds is 8. The first-order chi connectivity index (χ1) is 15.3. The zero-order valence-electron chi connectivity index (χ0n) is 17.2. The second kappa shape index (κ2) is 10.5. The van der Waals surface area contributed by atoms with Crippen LogP contribution in [-0.4, -0.2) is 28.5 Å². The van der Waals surface area contributed by atoms with Crippen LogP contribution in [-0.2, 0) is 6.61 Å². The monoisotopic (exact) mass is 506 g/mol. The molecule has 10 heteroatoms. The van der Waals surface area contributed by atoms with E-state index in [1.54, 1.807) is 31.2 Å². The van der Waals surface area contributed by atoms with Gasteiger partial charge in [0.1, 0.15) is 28.5 Å². The van der Waals surface area contributed by atoms with E-state index in [0.717, 1.165) is 12.1 Å². The van der Waals surface area contributed by atoms with Gasteiger partial charge in [-0.05, 0) is 66.2 Å². The Hall–Kier alpha value is -3.11. The van der Waals surface area contributed by atoms with Crippen LogP contribution in [0.25, 0.3) is 5.69 Å². The number of aryl methyl sites for hydroxylation is 1. The summed E-state index contributed by atoms with van der Waals surface area (Å²) in [6, 6.07) is 9.68. The Bertz CT molecular complexity index is 1200. The van der Waals surface area contributed by atoms with Crippen molar-refractivity contribution in [2.75, 3.05) is 13.1 Å². The number of nitrogens with two attached hydrogens (primary N) is 1. The van der Waals surface area contributed by atoms with Crippen LogP contribution in [0.4, 0.5) is 8.78 Å². The van der Waals surface area contributed by atoms with Crippen molar-refractivity contribution in [3.63, 3.8) is 0 Å². The van der Waals surface area contributed by atoms with Crippen molar-refractivity contribution < 1.29 is 18.3 Å². The Morgan fingerprint density at radius 3 is 2.75 bits per heavy atom. The summed E-state index contributed by atoms with van der Waals surface area (Å²) < 4.78 is 33.8. The highest BCUT2D eigenvalue weighted by Crippen LogP contribution is 2.22. The van der Waals surface area contributed by atoms with E-state index in [1.165, 1.54) is 10.6 Å². The molecule has 0 aliphatic heterocycles. The first-order valence-corrected chi connectivity index (χ1v) is 10.6. The van der Waals surface area contributed by atoms with Crippen molar-refractivity contribution >= 4 is 21.8 Å². The molecule has 168 valence electrons. The molecule has 0 aliphatic rings. The maximum absolute atomic E-state index is 13.8. The molecule has 0 bridgehead atoms. The van der Waals surface area contributed by atoms with Crippen LogP contribution in [0.3, 0.4) is 0 Å². The molecular weight excluding hydrogens is 486 g/mol. The number of benzene rings is 2. The van der Waals surface area contributed by atoms with Gasteiger partial charge in [0.15, 0.2) is 0 Å². The van der Waals surface area contributed by atoms with Crippen LogP contribution in [0.15, 0.2) is 51.7 Å². The maximum Gasteiger partial charge on any atom is 0.276 e. The van der Waals surface area contributed by atoms with Crippen molar-refractivity contribution in [1.82, 2.24) is 14.9 Å². The molecule has 32 heavy (non-hydrogen) atoms. The summed E-state index contributed by atoms with van der Waals surface area (Å²) in [5.41, 5.74) is 5.92. The minimum atomic E-state index is -0.757. The Balaban J connectivity index is 1.86. The highest BCUT2D eigenvalue weighted by molar-refractivity contribution is 9.10. The molecule has 0 fully saturated rings. The van der Waals surface area contributed by atoms with Crippen molar-refractivity contribution in [1.29, 1.82) is 0 Å². The second-order valence-corrected chi connectivity index (χ2v) is 7.68. The lowest BCUT2D eigenvalue weighted by atomic mass is 10.2.